The maximum Gasteiger partial charge on any atom is 0.235 e. The highest BCUT2D eigenvalue weighted by atomic mass is 35.5. The molecule has 3 nitrogen and oxygen atoms in total. The lowest BCUT2D eigenvalue weighted by Crippen LogP contribution is -2.43. The molecule has 1 heterocycles. The van der Waals surface area contributed by atoms with Crippen LogP contribution in [-0.2, 0) is 4.79 Å². The molecule has 0 aromatic heterocycles. The Bertz CT molecular complexity index is 137. The molecule has 1 fully saturated rings. The van der Waals surface area contributed by atoms with Gasteiger partial charge in [0.25, 0.3) is 0 Å². The van der Waals surface area contributed by atoms with E-state index in [2.05, 4.69) is 10.6 Å². The Morgan fingerprint density at radius 3 is 2.58 bits per heavy atom. The zero-order valence-electron chi connectivity index (χ0n) is 6.81. The summed E-state index contributed by atoms with van der Waals surface area (Å²) in [4.78, 5) is 10.8. The molecule has 0 unspecified atom stereocenters. The van der Waals surface area contributed by atoms with E-state index in [1.54, 1.807) is 0 Å². The van der Waals surface area contributed by atoms with Crippen molar-refractivity contribution in [3.05, 3.63) is 0 Å². The van der Waals surface area contributed by atoms with Crippen LogP contribution in [0.4, 0.5) is 0 Å². The Kier molecular flexibility index (Phi) is 6.52. The van der Waals surface area contributed by atoms with Crippen LogP contribution in [0.5, 0.6) is 0 Å². The van der Waals surface area contributed by atoms with Crippen LogP contribution in [0.3, 0.4) is 0 Å². The zero-order valence-corrected chi connectivity index (χ0v) is 8.38. The van der Waals surface area contributed by atoms with E-state index in [1.807, 2.05) is 0 Å². The number of hydrogen-bond acceptors (Lipinski definition) is 2. The van der Waals surface area contributed by atoms with E-state index in [4.69, 9.17) is 11.6 Å². The normalized spacial score (nSPS) is 18.1. The van der Waals surface area contributed by atoms with Crippen molar-refractivity contribution in [3.8, 4) is 0 Å². The molecule has 0 atom stereocenters. The highest BCUT2D eigenvalue weighted by Crippen LogP contribution is 2.01. The molecule has 0 radical (unpaired) electrons. The minimum atomic E-state index is -0.0569. The number of amides is 1. The summed E-state index contributed by atoms with van der Waals surface area (Å²) in [7, 11) is 0. The van der Waals surface area contributed by atoms with Gasteiger partial charge in [0.15, 0.2) is 0 Å². The van der Waals surface area contributed by atoms with Gasteiger partial charge in [-0.3, -0.25) is 4.79 Å². The Morgan fingerprint density at radius 2 is 2.08 bits per heavy atom. The summed E-state index contributed by atoms with van der Waals surface area (Å²) in [5, 5.41) is 6.08. The average Bonchev–Trinajstić information content (AvgIpc) is 2.06. The van der Waals surface area contributed by atoms with Crippen LogP contribution in [0.1, 0.15) is 12.8 Å². The van der Waals surface area contributed by atoms with E-state index in [0.717, 1.165) is 25.9 Å². The SMILES string of the molecule is Cl.O=C(CCl)NC1CCNCC1. The quantitative estimate of drug-likeness (QED) is 0.656. The van der Waals surface area contributed by atoms with Crippen LogP contribution >= 0.6 is 24.0 Å². The molecule has 0 aliphatic carbocycles. The molecule has 0 spiro atoms. The van der Waals surface area contributed by atoms with E-state index >= 15 is 0 Å². The van der Waals surface area contributed by atoms with Crippen LogP contribution in [0.2, 0.25) is 0 Å². The highest BCUT2D eigenvalue weighted by Gasteiger charge is 2.13. The van der Waals surface area contributed by atoms with Gasteiger partial charge >= 0.3 is 0 Å². The number of alkyl halides is 1. The fraction of sp³-hybridized carbons (Fsp3) is 0.857. The zero-order chi connectivity index (χ0) is 8.10. The second kappa shape index (κ2) is 6.52. The van der Waals surface area contributed by atoms with Crippen molar-refractivity contribution in [2.45, 2.75) is 18.9 Å². The molecule has 1 saturated heterocycles. The third-order valence-corrected chi connectivity index (χ3v) is 2.07. The summed E-state index contributed by atoms with van der Waals surface area (Å²) in [6.45, 7) is 1.99. The number of piperidine rings is 1. The molecule has 1 amide bonds. The molecule has 5 heteroatoms. The molecular weight excluding hydrogens is 199 g/mol. The average molecular weight is 213 g/mol. The maximum absolute atomic E-state index is 10.8. The second-order valence-corrected chi connectivity index (χ2v) is 2.99. The summed E-state index contributed by atoms with van der Waals surface area (Å²) in [5.41, 5.74) is 0. The molecule has 1 aliphatic rings. The lowest BCUT2D eigenvalue weighted by Gasteiger charge is -2.23. The summed E-state index contributed by atoms with van der Waals surface area (Å²) >= 11 is 5.34. The number of carbonyl (C=O) groups is 1. The van der Waals surface area contributed by atoms with Gasteiger partial charge in [0.2, 0.25) is 5.91 Å². The van der Waals surface area contributed by atoms with E-state index in [1.165, 1.54) is 0 Å². The fourth-order valence-corrected chi connectivity index (χ4v) is 1.31. The number of carbonyl (C=O) groups excluding carboxylic acids is 1. The summed E-state index contributed by atoms with van der Waals surface area (Å²) in [5.74, 6) is 0.0165. The van der Waals surface area contributed by atoms with E-state index < -0.39 is 0 Å². The lowest BCUT2D eigenvalue weighted by molar-refractivity contribution is -0.119. The van der Waals surface area contributed by atoms with Crippen LogP contribution in [0, 0.1) is 0 Å². The van der Waals surface area contributed by atoms with Crippen molar-refractivity contribution in [1.29, 1.82) is 0 Å². The Balaban J connectivity index is 0.00000121. The third kappa shape index (κ3) is 4.14. The minimum Gasteiger partial charge on any atom is -0.352 e. The molecule has 2 N–H and O–H groups in total. The number of hydrogen-bond donors (Lipinski definition) is 2. The van der Waals surface area contributed by atoms with E-state index in [9.17, 15) is 4.79 Å². The topological polar surface area (TPSA) is 41.1 Å². The molecule has 72 valence electrons. The third-order valence-electron chi connectivity index (χ3n) is 1.83. The van der Waals surface area contributed by atoms with Crippen molar-refractivity contribution in [2.75, 3.05) is 19.0 Å². The van der Waals surface area contributed by atoms with E-state index in [0.29, 0.717) is 6.04 Å². The first-order valence-corrected chi connectivity index (χ1v) is 4.42. The van der Waals surface area contributed by atoms with Crippen molar-refractivity contribution in [2.24, 2.45) is 0 Å². The van der Waals surface area contributed by atoms with Gasteiger partial charge in [0.05, 0.1) is 0 Å². The van der Waals surface area contributed by atoms with Crippen LogP contribution < -0.4 is 10.6 Å². The lowest BCUT2D eigenvalue weighted by atomic mass is 10.1. The van der Waals surface area contributed by atoms with Gasteiger partial charge < -0.3 is 10.6 Å². The number of halogens is 2. The number of rotatable bonds is 2. The van der Waals surface area contributed by atoms with Crippen LogP contribution in [-0.4, -0.2) is 30.9 Å². The maximum atomic E-state index is 10.8. The standard InChI is InChI=1S/C7H13ClN2O.ClH/c8-5-7(11)10-6-1-3-9-4-2-6;/h6,9H,1-5H2,(H,10,11);1H. The molecule has 1 aliphatic heterocycles. The summed E-state index contributed by atoms with van der Waals surface area (Å²) in [6, 6.07) is 0.336. The van der Waals surface area contributed by atoms with Gasteiger partial charge in [-0.05, 0) is 25.9 Å². The Hall–Kier alpha value is 0.01000. The van der Waals surface area contributed by atoms with Gasteiger partial charge in [-0.15, -0.1) is 24.0 Å². The minimum absolute atomic E-state index is 0. The smallest absolute Gasteiger partial charge is 0.235 e. The fourth-order valence-electron chi connectivity index (χ4n) is 1.23. The first-order chi connectivity index (χ1) is 5.33. The van der Waals surface area contributed by atoms with Gasteiger partial charge in [-0.2, -0.15) is 0 Å². The summed E-state index contributed by atoms with van der Waals surface area (Å²) < 4.78 is 0. The van der Waals surface area contributed by atoms with Gasteiger partial charge in [0, 0.05) is 6.04 Å². The molecule has 1 rings (SSSR count). The van der Waals surface area contributed by atoms with Crippen molar-refractivity contribution < 1.29 is 4.79 Å². The predicted octanol–water partition coefficient (Wildman–Crippen LogP) is 0.515. The molecular formula is C7H14Cl2N2O. The van der Waals surface area contributed by atoms with Crippen molar-refractivity contribution in [3.63, 3.8) is 0 Å². The summed E-state index contributed by atoms with van der Waals surface area (Å²) in [6.07, 6.45) is 2.03. The van der Waals surface area contributed by atoms with Crippen LogP contribution in [0.15, 0.2) is 0 Å². The van der Waals surface area contributed by atoms with Crippen molar-refractivity contribution >= 4 is 29.9 Å². The second-order valence-electron chi connectivity index (χ2n) is 2.73. The first kappa shape index (κ1) is 12.0. The van der Waals surface area contributed by atoms with Crippen molar-refractivity contribution in [1.82, 2.24) is 10.6 Å². The predicted molar refractivity (Wildman–Crippen MR) is 52.0 cm³/mol. The van der Waals surface area contributed by atoms with Gasteiger partial charge in [-0.25, -0.2) is 0 Å². The molecule has 0 aromatic rings. The number of nitrogens with one attached hydrogen (secondary N) is 2. The highest BCUT2D eigenvalue weighted by molar-refractivity contribution is 6.27. The molecule has 0 bridgehead atoms. The largest absolute Gasteiger partial charge is 0.352 e. The molecule has 12 heavy (non-hydrogen) atoms. The monoisotopic (exact) mass is 212 g/mol. The van der Waals surface area contributed by atoms with Gasteiger partial charge in [-0.1, -0.05) is 0 Å². The van der Waals surface area contributed by atoms with E-state index in [-0.39, 0.29) is 24.2 Å². The Morgan fingerprint density at radius 1 is 1.50 bits per heavy atom. The van der Waals surface area contributed by atoms with Crippen LogP contribution in [0.25, 0.3) is 0 Å². The Labute approximate surface area is 83.6 Å². The van der Waals surface area contributed by atoms with Gasteiger partial charge in [0.1, 0.15) is 5.88 Å². The molecule has 0 saturated carbocycles. The first-order valence-electron chi connectivity index (χ1n) is 3.89. The molecule has 0 aromatic carbocycles.